The number of rotatable bonds is 3. The van der Waals surface area contributed by atoms with Gasteiger partial charge in [-0.25, -0.2) is 0 Å². The summed E-state index contributed by atoms with van der Waals surface area (Å²) in [5, 5.41) is 7.95. The highest BCUT2D eigenvalue weighted by Gasteiger charge is 2.06. The largest absolute Gasteiger partial charge is 0.346 e. The van der Waals surface area contributed by atoms with E-state index in [0.29, 0.717) is 6.54 Å². The van der Waals surface area contributed by atoms with Crippen LogP contribution in [0.25, 0.3) is 11.4 Å². The van der Waals surface area contributed by atoms with Gasteiger partial charge >= 0.3 is 0 Å². The summed E-state index contributed by atoms with van der Waals surface area (Å²) in [6.45, 7) is 0.664. The molecule has 0 fully saturated rings. The van der Waals surface area contributed by atoms with Crippen LogP contribution in [0.5, 0.6) is 0 Å². The molecule has 0 unspecified atom stereocenters. The highest BCUT2D eigenvalue weighted by atomic mass is 15.1. The van der Waals surface area contributed by atoms with Gasteiger partial charge in [-0.3, -0.25) is 0 Å². The Kier molecular flexibility index (Phi) is 2.78. The van der Waals surface area contributed by atoms with Crippen molar-refractivity contribution >= 4 is 0 Å². The van der Waals surface area contributed by atoms with Crippen molar-refractivity contribution in [3.63, 3.8) is 0 Å². The summed E-state index contributed by atoms with van der Waals surface area (Å²) in [7, 11) is 2.02. The Bertz CT molecular complexity index is 433. The molecule has 0 spiro atoms. The summed E-state index contributed by atoms with van der Waals surface area (Å²) < 4.78 is 2.11. The molecule has 2 aromatic heterocycles. The lowest BCUT2D eigenvalue weighted by molar-refractivity contribution is 0.808. The van der Waals surface area contributed by atoms with Crippen molar-refractivity contribution in [2.45, 2.75) is 6.42 Å². The third-order valence-corrected chi connectivity index (χ3v) is 2.46. The molecule has 2 rings (SSSR count). The smallest absolute Gasteiger partial charge is 0.109 e. The van der Waals surface area contributed by atoms with E-state index in [2.05, 4.69) is 26.9 Å². The number of nitrogens with zero attached hydrogens (tertiary/aromatic N) is 3. The van der Waals surface area contributed by atoms with Gasteiger partial charge in [-0.15, -0.1) is 5.10 Å². The third kappa shape index (κ3) is 1.89. The van der Waals surface area contributed by atoms with Crippen LogP contribution in [-0.2, 0) is 13.5 Å². The van der Waals surface area contributed by atoms with Crippen LogP contribution in [0.2, 0.25) is 0 Å². The Morgan fingerprint density at radius 3 is 2.87 bits per heavy atom. The molecule has 0 saturated carbocycles. The monoisotopic (exact) mass is 202 g/mol. The summed E-state index contributed by atoms with van der Waals surface area (Å²) in [6.07, 6.45) is 2.56. The van der Waals surface area contributed by atoms with Crippen LogP contribution in [0.4, 0.5) is 0 Å². The lowest BCUT2D eigenvalue weighted by Crippen LogP contribution is -2.07. The average molecular weight is 202 g/mol. The quantitative estimate of drug-likeness (QED) is 0.807. The van der Waals surface area contributed by atoms with Gasteiger partial charge in [-0.05, 0) is 37.2 Å². The van der Waals surface area contributed by atoms with Crippen LogP contribution in [-0.4, -0.2) is 21.3 Å². The Morgan fingerprint density at radius 1 is 1.33 bits per heavy atom. The zero-order chi connectivity index (χ0) is 10.7. The topological polar surface area (TPSA) is 56.7 Å². The van der Waals surface area contributed by atoms with Crippen LogP contribution in [0.1, 0.15) is 5.69 Å². The second-order valence-electron chi connectivity index (χ2n) is 3.42. The maximum Gasteiger partial charge on any atom is 0.109 e. The molecule has 4 nitrogen and oxygen atoms in total. The minimum Gasteiger partial charge on any atom is -0.346 e. The van der Waals surface area contributed by atoms with E-state index < -0.39 is 0 Å². The molecule has 0 aliphatic heterocycles. The van der Waals surface area contributed by atoms with Crippen molar-refractivity contribution in [3.05, 3.63) is 36.2 Å². The third-order valence-electron chi connectivity index (χ3n) is 2.46. The van der Waals surface area contributed by atoms with Gasteiger partial charge in [0.05, 0.1) is 5.69 Å². The van der Waals surface area contributed by atoms with Gasteiger partial charge in [0.15, 0.2) is 0 Å². The molecule has 0 amide bonds. The molecule has 4 heteroatoms. The standard InChI is InChI=1S/C11H14N4/c1-15-9(6-7-12)4-5-11(15)10-3-2-8-13-14-10/h2-5,8H,6-7,12H2,1H3. The van der Waals surface area contributed by atoms with Gasteiger partial charge in [0.25, 0.3) is 0 Å². The molecule has 0 aromatic carbocycles. The van der Waals surface area contributed by atoms with Gasteiger partial charge in [-0.2, -0.15) is 5.10 Å². The van der Waals surface area contributed by atoms with E-state index in [0.717, 1.165) is 17.8 Å². The number of aromatic nitrogens is 3. The van der Waals surface area contributed by atoms with Crippen LogP contribution >= 0.6 is 0 Å². The van der Waals surface area contributed by atoms with Gasteiger partial charge in [0.1, 0.15) is 5.69 Å². The summed E-state index contributed by atoms with van der Waals surface area (Å²) in [4.78, 5) is 0. The van der Waals surface area contributed by atoms with Crippen molar-refractivity contribution in [1.29, 1.82) is 0 Å². The summed E-state index contributed by atoms with van der Waals surface area (Å²) >= 11 is 0. The Hall–Kier alpha value is -1.68. The molecule has 0 aliphatic carbocycles. The molecular weight excluding hydrogens is 188 g/mol. The first-order valence-corrected chi connectivity index (χ1v) is 4.95. The van der Waals surface area contributed by atoms with E-state index in [1.165, 1.54) is 5.69 Å². The maximum absolute atomic E-state index is 5.54. The van der Waals surface area contributed by atoms with Gasteiger partial charge in [-0.1, -0.05) is 0 Å². The predicted octanol–water partition coefficient (Wildman–Crippen LogP) is 0.983. The van der Waals surface area contributed by atoms with E-state index >= 15 is 0 Å². The molecule has 0 aliphatic rings. The van der Waals surface area contributed by atoms with Crippen LogP contribution in [0.15, 0.2) is 30.5 Å². The number of hydrogen-bond acceptors (Lipinski definition) is 3. The Balaban J connectivity index is 2.38. The van der Waals surface area contributed by atoms with Crippen molar-refractivity contribution in [3.8, 4) is 11.4 Å². The number of nitrogens with two attached hydrogens (primary N) is 1. The summed E-state index contributed by atoms with van der Waals surface area (Å²) in [5.41, 5.74) is 8.72. The van der Waals surface area contributed by atoms with Crippen molar-refractivity contribution in [2.75, 3.05) is 6.54 Å². The molecule has 0 bridgehead atoms. The van der Waals surface area contributed by atoms with Crippen LogP contribution in [0, 0.1) is 0 Å². The average Bonchev–Trinajstić information content (AvgIpc) is 2.63. The van der Waals surface area contributed by atoms with Gasteiger partial charge < -0.3 is 10.3 Å². The molecule has 2 aromatic rings. The van der Waals surface area contributed by atoms with Crippen molar-refractivity contribution < 1.29 is 0 Å². The molecule has 2 heterocycles. The van der Waals surface area contributed by atoms with E-state index in [1.54, 1.807) is 6.20 Å². The highest BCUT2D eigenvalue weighted by molar-refractivity contribution is 5.55. The molecule has 2 N–H and O–H groups in total. The minimum atomic E-state index is 0.664. The fraction of sp³-hybridized carbons (Fsp3) is 0.273. The zero-order valence-electron chi connectivity index (χ0n) is 8.72. The van der Waals surface area contributed by atoms with Crippen LogP contribution < -0.4 is 5.73 Å². The first kappa shape index (κ1) is 9.86. The number of hydrogen-bond donors (Lipinski definition) is 1. The fourth-order valence-corrected chi connectivity index (χ4v) is 1.65. The Labute approximate surface area is 88.8 Å². The van der Waals surface area contributed by atoms with Gasteiger partial charge in [0, 0.05) is 18.9 Å². The van der Waals surface area contributed by atoms with Crippen molar-refractivity contribution in [2.24, 2.45) is 12.8 Å². The van der Waals surface area contributed by atoms with Crippen molar-refractivity contribution in [1.82, 2.24) is 14.8 Å². The summed E-state index contributed by atoms with van der Waals surface area (Å²) in [6, 6.07) is 7.97. The van der Waals surface area contributed by atoms with E-state index in [-0.39, 0.29) is 0 Å². The highest BCUT2D eigenvalue weighted by Crippen LogP contribution is 2.18. The van der Waals surface area contributed by atoms with E-state index in [1.807, 2.05) is 19.2 Å². The zero-order valence-corrected chi connectivity index (χ0v) is 8.72. The second kappa shape index (κ2) is 4.23. The molecule has 15 heavy (non-hydrogen) atoms. The van der Waals surface area contributed by atoms with Crippen LogP contribution in [0.3, 0.4) is 0 Å². The van der Waals surface area contributed by atoms with E-state index in [9.17, 15) is 0 Å². The van der Waals surface area contributed by atoms with E-state index in [4.69, 9.17) is 5.73 Å². The first-order valence-electron chi connectivity index (χ1n) is 4.95. The lowest BCUT2D eigenvalue weighted by atomic mass is 10.3. The maximum atomic E-state index is 5.54. The second-order valence-corrected chi connectivity index (χ2v) is 3.42. The molecule has 0 atom stereocenters. The molecule has 0 saturated heterocycles. The molecular formula is C11H14N4. The fourth-order valence-electron chi connectivity index (χ4n) is 1.65. The molecule has 78 valence electrons. The SMILES string of the molecule is Cn1c(CCN)ccc1-c1cccnn1. The lowest BCUT2D eigenvalue weighted by Gasteiger charge is -2.05. The van der Waals surface area contributed by atoms with Gasteiger partial charge in [0.2, 0.25) is 0 Å². The molecule has 0 radical (unpaired) electrons. The predicted molar refractivity (Wildman–Crippen MR) is 59.2 cm³/mol. The minimum absolute atomic E-state index is 0.664. The Morgan fingerprint density at radius 2 is 2.20 bits per heavy atom. The first-order chi connectivity index (χ1) is 7.33. The normalized spacial score (nSPS) is 10.5. The summed E-state index contributed by atoms with van der Waals surface area (Å²) in [5.74, 6) is 0.